The second-order valence-corrected chi connectivity index (χ2v) is 4.65. The zero-order valence-corrected chi connectivity index (χ0v) is 11.9. The molecule has 4 nitrogen and oxygen atoms in total. The van der Waals surface area contributed by atoms with Crippen LogP contribution >= 0.6 is 15.9 Å². The van der Waals surface area contributed by atoms with Crippen molar-refractivity contribution >= 4 is 27.9 Å². The number of carbonyl (C=O) groups excluding carboxylic acids is 2. The lowest BCUT2D eigenvalue weighted by Crippen LogP contribution is -2.22. The van der Waals surface area contributed by atoms with Crippen molar-refractivity contribution in [2.24, 2.45) is 5.92 Å². The average Bonchev–Trinajstić information content (AvgIpc) is 2.39. The maximum absolute atomic E-state index is 11.6. The topological polar surface area (TPSA) is 52.6 Å². The summed E-state index contributed by atoms with van der Waals surface area (Å²) in [4.78, 5) is 22.9. The fraction of sp³-hybridized carbons (Fsp3) is 0.385. The second-order valence-electron chi connectivity index (χ2n) is 3.80. The molecule has 0 heterocycles. The standard InChI is InChI=1S/C13H15BrO4/c1-17-12(15)8-10(13(16)18-2)7-9-5-3-4-6-11(9)14/h3-6,10H,7-8H2,1-2H3/t10-/m0/s1. The van der Waals surface area contributed by atoms with Gasteiger partial charge in [-0.15, -0.1) is 0 Å². The molecular formula is C13H15BrO4. The summed E-state index contributed by atoms with van der Waals surface area (Å²) in [5, 5.41) is 0. The van der Waals surface area contributed by atoms with Gasteiger partial charge in [-0.1, -0.05) is 34.1 Å². The summed E-state index contributed by atoms with van der Waals surface area (Å²) >= 11 is 3.41. The van der Waals surface area contributed by atoms with E-state index in [-0.39, 0.29) is 6.42 Å². The number of rotatable bonds is 5. The summed E-state index contributed by atoms with van der Waals surface area (Å²) in [7, 11) is 2.61. The summed E-state index contributed by atoms with van der Waals surface area (Å²) in [6, 6.07) is 7.56. The highest BCUT2D eigenvalue weighted by Crippen LogP contribution is 2.22. The Balaban J connectivity index is 2.82. The minimum absolute atomic E-state index is 0.0184. The first-order valence-electron chi connectivity index (χ1n) is 5.46. The van der Waals surface area contributed by atoms with Crippen molar-refractivity contribution in [1.82, 2.24) is 0 Å². The number of hydrogen-bond acceptors (Lipinski definition) is 4. The molecule has 0 amide bonds. The van der Waals surface area contributed by atoms with Gasteiger partial charge in [0.25, 0.3) is 0 Å². The summed E-state index contributed by atoms with van der Waals surface area (Å²) in [6.45, 7) is 0. The number of halogens is 1. The van der Waals surface area contributed by atoms with Crippen LogP contribution in [0.3, 0.4) is 0 Å². The molecule has 0 aromatic heterocycles. The number of benzene rings is 1. The summed E-state index contributed by atoms with van der Waals surface area (Å²) in [5.41, 5.74) is 0.955. The molecule has 0 radical (unpaired) electrons. The molecule has 98 valence electrons. The second kappa shape index (κ2) is 7.16. The molecule has 0 unspecified atom stereocenters. The Labute approximate surface area is 114 Å². The van der Waals surface area contributed by atoms with Gasteiger partial charge < -0.3 is 9.47 Å². The van der Waals surface area contributed by atoms with Crippen LogP contribution in [0.1, 0.15) is 12.0 Å². The SMILES string of the molecule is COC(=O)C[C@H](Cc1ccccc1Br)C(=O)OC. The van der Waals surface area contributed by atoms with Gasteiger partial charge in [-0.05, 0) is 18.1 Å². The van der Waals surface area contributed by atoms with Gasteiger partial charge >= 0.3 is 11.9 Å². The first-order chi connectivity index (χ1) is 8.58. The molecule has 0 N–H and O–H groups in total. The van der Waals surface area contributed by atoms with E-state index in [1.807, 2.05) is 24.3 Å². The van der Waals surface area contributed by atoms with Gasteiger partial charge in [-0.2, -0.15) is 0 Å². The predicted molar refractivity (Wildman–Crippen MR) is 70.0 cm³/mol. The van der Waals surface area contributed by atoms with Crippen molar-refractivity contribution in [2.75, 3.05) is 14.2 Å². The molecule has 0 aliphatic heterocycles. The van der Waals surface area contributed by atoms with E-state index < -0.39 is 17.9 Å². The number of hydrogen-bond donors (Lipinski definition) is 0. The minimum Gasteiger partial charge on any atom is -0.469 e. The smallest absolute Gasteiger partial charge is 0.309 e. The lowest BCUT2D eigenvalue weighted by atomic mass is 9.96. The van der Waals surface area contributed by atoms with Crippen molar-refractivity contribution in [3.63, 3.8) is 0 Å². The van der Waals surface area contributed by atoms with E-state index in [2.05, 4.69) is 20.7 Å². The molecule has 0 fully saturated rings. The van der Waals surface area contributed by atoms with E-state index in [9.17, 15) is 9.59 Å². The van der Waals surface area contributed by atoms with E-state index >= 15 is 0 Å². The molecule has 1 aromatic carbocycles. The van der Waals surface area contributed by atoms with Crippen LogP contribution in [0, 0.1) is 5.92 Å². The maximum Gasteiger partial charge on any atom is 0.309 e. The van der Waals surface area contributed by atoms with Crippen LogP contribution in [-0.4, -0.2) is 26.2 Å². The first-order valence-corrected chi connectivity index (χ1v) is 6.25. The molecule has 18 heavy (non-hydrogen) atoms. The molecular weight excluding hydrogens is 300 g/mol. The van der Waals surface area contributed by atoms with Gasteiger partial charge in [-0.3, -0.25) is 9.59 Å². The molecule has 1 rings (SSSR count). The van der Waals surface area contributed by atoms with E-state index in [0.29, 0.717) is 6.42 Å². The third kappa shape index (κ3) is 4.14. The van der Waals surface area contributed by atoms with Gasteiger partial charge in [0.05, 0.1) is 26.6 Å². The summed E-state index contributed by atoms with van der Waals surface area (Å²) < 4.78 is 10.2. The third-order valence-corrected chi connectivity index (χ3v) is 3.37. The molecule has 0 spiro atoms. The maximum atomic E-state index is 11.6. The van der Waals surface area contributed by atoms with E-state index in [1.54, 1.807) is 0 Å². The number of esters is 2. The Hall–Kier alpha value is -1.36. The molecule has 0 aliphatic rings. The van der Waals surface area contributed by atoms with E-state index in [4.69, 9.17) is 4.74 Å². The van der Waals surface area contributed by atoms with Crippen LogP contribution in [-0.2, 0) is 25.5 Å². The zero-order valence-electron chi connectivity index (χ0n) is 10.3. The first kappa shape index (κ1) is 14.7. The zero-order chi connectivity index (χ0) is 13.5. The summed E-state index contributed by atoms with van der Waals surface area (Å²) in [6.07, 6.45) is 0.452. The highest BCUT2D eigenvalue weighted by Gasteiger charge is 2.24. The average molecular weight is 315 g/mol. The van der Waals surface area contributed by atoms with E-state index in [1.165, 1.54) is 14.2 Å². The van der Waals surface area contributed by atoms with Gasteiger partial charge in [-0.25, -0.2) is 0 Å². The summed E-state index contributed by atoms with van der Waals surface area (Å²) in [5.74, 6) is -1.35. The Morgan fingerprint density at radius 2 is 1.89 bits per heavy atom. The van der Waals surface area contributed by atoms with Gasteiger partial charge in [0.1, 0.15) is 0 Å². The molecule has 5 heteroatoms. The van der Waals surface area contributed by atoms with Gasteiger partial charge in [0.15, 0.2) is 0 Å². The largest absolute Gasteiger partial charge is 0.469 e. The number of methoxy groups -OCH3 is 2. The van der Waals surface area contributed by atoms with Crippen molar-refractivity contribution in [2.45, 2.75) is 12.8 Å². The van der Waals surface area contributed by atoms with Crippen LogP contribution < -0.4 is 0 Å². The van der Waals surface area contributed by atoms with Crippen LogP contribution in [0.2, 0.25) is 0 Å². The Morgan fingerprint density at radius 3 is 2.44 bits per heavy atom. The fourth-order valence-electron chi connectivity index (χ4n) is 1.62. The lowest BCUT2D eigenvalue weighted by Gasteiger charge is -2.14. The van der Waals surface area contributed by atoms with Crippen molar-refractivity contribution < 1.29 is 19.1 Å². The lowest BCUT2D eigenvalue weighted by molar-refractivity contribution is -0.152. The Bertz CT molecular complexity index is 431. The van der Waals surface area contributed by atoms with Gasteiger partial charge in [0.2, 0.25) is 0 Å². The molecule has 0 saturated heterocycles. The van der Waals surface area contributed by atoms with Crippen LogP contribution in [0.5, 0.6) is 0 Å². The monoisotopic (exact) mass is 314 g/mol. The Morgan fingerprint density at radius 1 is 1.22 bits per heavy atom. The van der Waals surface area contributed by atoms with Crippen molar-refractivity contribution in [3.05, 3.63) is 34.3 Å². The Kier molecular flexibility index (Phi) is 5.85. The van der Waals surface area contributed by atoms with Crippen LogP contribution in [0.25, 0.3) is 0 Å². The van der Waals surface area contributed by atoms with E-state index in [0.717, 1.165) is 10.0 Å². The molecule has 1 atom stereocenters. The van der Waals surface area contributed by atoms with Crippen LogP contribution in [0.4, 0.5) is 0 Å². The molecule has 0 bridgehead atoms. The van der Waals surface area contributed by atoms with Crippen LogP contribution in [0.15, 0.2) is 28.7 Å². The minimum atomic E-state index is -0.527. The normalized spacial score (nSPS) is 11.7. The molecule has 0 saturated carbocycles. The highest BCUT2D eigenvalue weighted by molar-refractivity contribution is 9.10. The fourth-order valence-corrected chi connectivity index (χ4v) is 2.07. The molecule has 0 aliphatic carbocycles. The predicted octanol–water partition coefficient (Wildman–Crippen LogP) is 2.34. The molecule has 1 aromatic rings. The van der Waals surface area contributed by atoms with Crippen molar-refractivity contribution in [1.29, 1.82) is 0 Å². The third-order valence-electron chi connectivity index (χ3n) is 2.60. The van der Waals surface area contributed by atoms with Gasteiger partial charge in [0, 0.05) is 4.47 Å². The number of carbonyl (C=O) groups is 2. The quantitative estimate of drug-likeness (QED) is 0.783. The highest BCUT2D eigenvalue weighted by atomic mass is 79.9. The number of ether oxygens (including phenoxy) is 2. The van der Waals surface area contributed by atoms with Crippen molar-refractivity contribution in [3.8, 4) is 0 Å².